The largest absolute Gasteiger partial charge is 0.493 e. The van der Waals surface area contributed by atoms with E-state index in [1.807, 2.05) is 38.1 Å². The Hall–Kier alpha value is -2.01. The second-order valence-corrected chi connectivity index (χ2v) is 5.24. The SMILES string of the molecule is COc1cccc2cc(CNCCC(=O)NC(C)C)oc12. The van der Waals surface area contributed by atoms with Gasteiger partial charge in [0.15, 0.2) is 11.3 Å². The fraction of sp³-hybridized carbons (Fsp3) is 0.438. The average Bonchev–Trinajstić information content (AvgIpc) is 2.85. The summed E-state index contributed by atoms with van der Waals surface area (Å²) in [6.07, 6.45) is 0.460. The molecule has 0 aliphatic rings. The van der Waals surface area contributed by atoms with E-state index in [0.29, 0.717) is 19.5 Å². The van der Waals surface area contributed by atoms with Gasteiger partial charge < -0.3 is 19.8 Å². The number of fused-ring (bicyclic) bond motifs is 1. The molecule has 0 saturated carbocycles. The van der Waals surface area contributed by atoms with Gasteiger partial charge in [-0.25, -0.2) is 0 Å². The highest BCUT2D eigenvalue weighted by atomic mass is 16.5. The number of amides is 1. The van der Waals surface area contributed by atoms with Crippen LogP contribution < -0.4 is 15.4 Å². The number of nitrogens with one attached hydrogen (secondary N) is 2. The second-order valence-electron chi connectivity index (χ2n) is 5.24. The van der Waals surface area contributed by atoms with Crippen molar-refractivity contribution in [2.24, 2.45) is 0 Å². The molecule has 5 heteroatoms. The van der Waals surface area contributed by atoms with Gasteiger partial charge in [0.2, 0.25) is 5.91 Å². The van der Waals surface area contributed by atoms with Crippen LogP contribution in [0.15, 0.2) is 28.7 Å². The van der Waals surface area contributed by atoms with Gasteiger partial charge in [-0.2, -0.15) is 0 Å². The molecule has 21 heavy (non-hydrogen) atoms. The first-order chi connectivity index (χ1) is 10.1. The molecule has 0 aliphatic carbocycles. The first-order valence-electron chi connectivity index (χ1n) is 7.15. The lowest BCUT2D eigenvalue weighted by atomic mass is 10.2. The number of benzene rings is 1. The van der Waals surface area contributed by atoms with E-state index in [0.717, 1.165) is 22.5 Å². The van der Waals surface area contributed by atoms with Crippen molar-refractivity contribution in [3.8, 4) is 5.75 Å². The van der Waals surface area contributed by atoms with Crippen LogP contribution in [0.4, 0.5) is 0 Å². The molecule has 0 radical (unpaired) electrons. The fourth-order valence-electron chi connectivity index (χ4n) is 2.15. The van der Waals surface area contributed by atoms with E-state index >= 15 is 0 Å². The van der Waals surface area contributed by atoms with E-state index < -0.39 is 0 Å². The van der Waals surface area contributed by atoms with Crippen LogP contribution >= 0.6 is 0 Å². The van der Waals surface area contributed by atoms with E-state index in [2.05, 4.69) is 10.6 Å². The Kier molecular flexibility index (Phi) is 5.22. The van der Waals surface area contributed by atoms with Crippen LogP contribution in [-0.2, 0) is 11.3 Å². The number of rotatable bonds is 7. The molecule has 0 spiro atoms. The predicted octanol–water partition coefficient (Wildman–Crippen LogP) is 2.45. The molecule has 0 bridgehead atoms. The van der Waals surface area contributed by atoms with Gasteiger partial charge in [0, 0.05) is 24.4 Å². The maximum atomic E-state index is 11.5. The maximum Gasteiger partial charge on any atom is 0.221 e. The molecule has 0 fully saturated rings. The van der Waals surface area contributed by atoms with Crippen molar-refractivity contribution in [3.05, 3.63) is 30.0 Å². The van der Waals surface area contributed by atoms with Crippen molar-refractivity contribution < 1.29 is 13.9 Å². The Morgan fingerprint density at radius 2 is 2.19 bits per heavy atom. The molecule has 0 atom stereocenters. The first-order valence-corrected chi connectivity index (χ1v) is 7.15. The van der Waals surface area contributed by atoms with E-state index in [-0.39, 0.29) is 11.9 Å². The lowest BCUT2D eigenvalue weighted by Crippen LogP contribution is -2.32. The first kappa shape index (κ1) is 15.4. The number of furan rings is 1. The van der Waals surface area contributed by atoms with Gasteiger partial charge in [-0.3, -0.25) is 4.79 Å². The zero-order valence-corrected chi connectivity index (χ0v) is 12.7. The zero-order valence-electron chi connectivity index (χ0n) is 12.7. The Morgan fingerprint density at radius 1 is 1.38 bits per heavy atom. The van der Waals surface area contributed by atoms with Crippen LogP contribution in [0.3, 0.4) is 0 Å². The van der Waals surface area contributed by atoms with Gasteiger partial charge in [0.25, 0.3) is 0 Å². The van der Waals surface area contributed by atoms with Crippen LogP contribution in [0.1, 0.15) is 26.0 Å². The molecule has 1 amide bonds. The van der Waals surface area contributed by atoms with Crippen LogP contribution in [0.2, 0.25) is 0 Å². The standard InChI is InChI=1S/C16H22N2O3/c1-11(2)18-15(19)7-8-17-10-13-9-12-5-4-6-14(20-3)16(12)21-13/h4-6,9,11,17H,7-8,10H2,1-3H3,(H,18,19). The summed E-state index contributed by atoms with van der Waals surface area (Å²) < 4.78 is 11.0. The Bertz CT molecular complexity index is 605. The van der Waals surface area contributed by atoms with Crippen molar-refractivity contribution >= 4 is 16.9 Å². The minimum absolute atomic E-state index is 0.0591. The van der Waals surface area contributed by atoms with Gasteiger partial charge in [-0.1, -0.05) is 12.1 Å². The van der Waals surface area contributed by atoms with Crippen molar-refractivity contribution in [2.75, 3.05) is 13.7 Å². The van der Waals surface area contributed by atoms with Gasteiger partial charge in [-0.05, 0) is 26.0 Å². The van der Waals surface area contributed by atoms with Crippen molar-refractivity contribution in [2.45, 2.75) is 32.9 Å². The van der Waals surface area contributed by atoms with E-state index in [4.69, 9.17) is 9.15 Å². The molecule has 1 heterocycles. The molecule has 0 unspecified atom stereocenters. The molecule has 2 aromatic rings. The summed E-state index contributed by atoms with van der Waals surface area (Å²) in [5.74, 6) is 1.62. The van der Waals surface area contributed by atoms with Crippen molar-refractivity contribution in [1.29, 1.82) is 0 Å². The van der Waals surface area contributed by atoms with E-state index in [1.165, 1.54) is 0 Å². The molecule has 2 N–H and O–H groups in total. The number of methoxy groups -OCH3 is 1. The topological polar surface area (TPSA) is 63.5 Å². The Morgan fingerprint density at radius 3 is 2.90 bits per heavy atom. The summed E-state index contributed by atoms with van der Waals surface area (Å²) in [6, 6.07) is 7.96. The highest BCUT2D eigenvalue weighted by Crippen LogP contribution is 2.28. The lowest BCUT2D eigenvalue weighted by molar-refractivity contribution is -0.121. The summed E-state index contributed by atoms with van der Waals surface area (Å²) >= 11 is 0. The highest BCUT2D eigenvalue weighted by molar-refractivity contribution is 5.83. The molecule has 0 aliphatic heterocycles. The highest BCUT2D eigenvalue weighted by Gasteiger charge is 2.08. The van der Waals surface area contributed by atoms with E-state index in [9.17, 15) is 4.79 Å². The third kappa shape index (κ3) is 4.23. The quantitative estimate of drug-likeness (QED) is 0.769. The fourth-order valence-corrected chi connectivity index (χ4v) is 2.15. The van der Waals surface area contributed by atoms with Gasteiger partial charge >= 0.3 is 0 Å². The summed E-state index contributed by atoms with van der Waals surface area (Å²) in [7, 11) is 1.63. The summed E-state index contributed by atoms with van der Waals surface area (Å²) in [5.41, 5.74) is 0.759. The monoisotopic (exact) mass is 290 g/mol. The van der Waals surface area contributed by atoms with Gasteiger partial charge in [0.1, 0.15) is 5.76 Å². The third-order valence-corrected chi connectivity index (χ3v) is 3.06. The Balaban J connectivity index is 1.85. The van der Waals surface area contributed by atoms with E-state index in [1.54, 1.807) is 7.11 Å². The van der Waals surface area contributed by atoms with Crippen LogP contribution in [0, 0.1) is 0 Å². The molecule has 0 saturated heterocycles. The smallest absolute Gasteiger partial charge is 0.221 e. The molecular weight excluding hydrogens is 268 g/mol. The van der Waals surface area contributed by atoms with Crippen molar-refractivity contribution in [3.63, 3.8) is 0 Å². The Labute approximate surface area is 124 Å². The third-order valence-electron chi connectivity index (χ3n) is 3.06. The molecule has 1 aromatic heterocycles. The number of hydrogen-bond donors (Lipinski definition) is 2. The molecule has 1 aromatic carbocycles. The van der Waals surface area contributed by atoms with Crippen LogP contribution in [-0.4, -0.2) is 25.6 Å². The summed E-state index contributed by atoms with van der Waals surface area (Å²) in [6.45, 7) is 5.11. The van der Waals surface area contributed by atoms with Crippen LogP contribution in [0.5, 0.6) is 5.75 Å². The molecule has 114 valence electrons. The number of ether oxygens (including phenoxy) is 1. The normalized spacial score (nSPS) is 11.0. The van der Waals surface area contributed by atoms with Gasteiger partial charge in [0.05, 0.1) is 13.7 Å². The lowest BCUT2D eigenvalue weighted by Gasteiger charge is -2.08. The van der Waals surface area contributed by atoms with Gasteiger partial charge in [-0.15, -0.1) is 0 Å². The number of carbonyl (C=O) groups excluding carboxylic acids is 1. The number of para-hydroxylation sites is 1. The van der Waals surface area contributed by atoms with Crippen LogP contribution in [0.25, 0.3) is 11.0 Å². The minimum Gasteiger partial charge on any atom is -0.493 e. The predicted molar refractivity (Wildman–Crippen MR) is 82.4 cm³/mol. The molecule has 2 rings (SSSR count). The minimum atomic E-state index is 0.0591. The number of carbonyl (C=O) groups is 1. The average molecular weight is 290 g/mol. The maximum absolute atomic E-state index is 11.5. The van der Waals surface area contributed by atoms with Crippen molar-refractivity contribution in [1.82, 2.24) is 10.6 Å². The zero-order chi connectivity index (χ0) is 15.2. The molecule has 5 nitrogen and oxygen atoms in total. The number of hydrogen-bond acceptors (Lipinski definition) is 4. The molecular formula is C16H22N2O3. The summed E-state index contributed by atoms with van der Waals surface area (Å²) in [5, 5.41) is 7.09. The second kappa shape index (κ2) is 7.13. The summed E-state index contributed by atoms with van der Waals surface area (Å²) in [4.78, 5) is 11.5.